The summed E-state index contributed by atoms with van der Waals surface area (Å²) in [4.78, 5) is 25.5. The molecule has 1 N–H and O–H groups in total. The summed E-state index contributed by atoms with van der Waals surface area (Å²) in [5.74, 6) is -0.173. The molecule has 0 saturated heterocycles. The molecular weight excluding hydrogens is 374 g/mol. The average molecular weight is 393 g/mol. The molecule has 0 atom stereocenters. The molecule has 1 amide bonds. The van der Waals surface area contributed by atoms with E-state index in [1.54, 1.807) is 37.6 Å². The van der Waals surface area contributed by atoms with Gasteiger partial charge in [0, 0.05) is 12.6 Å². The van der Waals surface area contributed by atoms with Crippen molar-refractivity contribution in [1.82, 2.24) is 20.4 Å². The first kappa shape index (κ1) is 19.7. The Balaban J connectivity index is 1.80. The van der Waals surface area contributed by atoms with E-state index in [4.69, 9.17) is 9.47 Å². The van der Waals surface area contributed by atoms with Gasteiger partial charge >= 0.3 is 0 Å². The summed E-state index contributed by atoms with van der Waals surface area (Å²) < 4.78 is 10.7. The summed E-state index contributed by atoms with van der Waals surface area (Å²) in [7, 11) is 3.01. The molecule has 0 saturated carbocycles. The Morgan fingerprint density at radius 3 is 2.52 bits per heavy atom. The summed E-state index contributed by atoms with van der Waals surface area (Å²) in [5.41, 5.74) is 1.20. The Kier molecular flexibility index (Phi) is 6.31. The van der Waals surface area contributed by atoms with Gasteiger partial charge in [0.25, 0.3) is 11.8 Å². The second-order valence-electron chi connectivity index (χ2n) is 5.81. The average Bonchev–Trinajstić information content (AvgIpc) is 3.19. The number of ether oxygens (including phenoxy) is 2. The number of carbonyl (C=O) groups excluding carboxylic acids is 2. The molecule has 0 bridgehead atoms. The number of carbonyl (C=O) groups is 2. The van der Waals surface area contributed by atoms with Gasteiger partial charge < -0.3 is 14.8 Å². The van der Waals surface area contributed by atoms with Gasteiger partial charge in [-0.2, -0.15) is 5.10 Å². The van der Waals surface area contributed by atoms with Crippen LogP contribution in [0.5, 0.6) is 11.6 Å². The summed E-state index contributed by atoms with van der Waals surface area (Å²) in [6.45, 7) is -0.315. The second-order valence-corrected chi connectivity index (χ2v) is 5.81. The third-order valence-corrected chi connectivity index (χ3v) is 3.92. The summed E-state index contributed by atoms with van der Waals surface area (Å²) in [5, 5.41) is 14.3. The van der Waals surface area contributed by atoms with Gasteiger partial charge in [0.1, 0.15) is 5.75 Å². The van der Waals surface area contributed by atoms with Crippen molar-refractivity contribution in [2.24, 2.45) is 5.10 Å². The van der Waals surface area contributed by atoms with E-state index in [9.17, 15) is 9.59 Å². The Morgan fingerprint density at radius 2 is 1.86 bits per heavy atom. The highest BCUT2D eigenvalue weighted by Gasteiger charge is 2.21. The molecule has 9 heteroatoms. The summed E-state index contributed by atoms with van der Waals surface area (Å²) >= 11 is 0. The molecule has 0 spiro atoms. The number of rotatable bonds is 8. The molecule has 1 aromatic heterocycles. The largest absolute Gasteiger partial charge is 0.497 e. The Morgan fingerprint density at radius 1 is 1.14 bits per heavy atom. The molecule has 0 unspecified atom stereocenters. The van der Waals surface area contributed by atoms with Gasteiger partial charge in [-0.3, -0.25) is 9.59 Å². The van der Waals surface area contributed by atoms with Crippen molar-refractivity contribution in [3.8, 4) is 11.6 Å². The fourth-order valence-electron chi connectivity index (χ4n) is 2.38. The zero-order chi connectivity index (χ0) is 20.6. The van der Waals surface area contributed by atoms with E-state index >= 15 is 0 Å². The van der Waals surface area contributed by atoms with Crippen molar-refractivity contribution in [2.75, 3.05) is 20.8 Å². The number of hydrogen-bond acceptors (Lipinski definition) is 7. The molecule has 0 aliphatic heterocycles. The number of nitrogens with zero attached hydrogens (tertiary/aromatic N) is 4. The molecule has 29 heavy (non-hydrogen) atoms. The maximum Gasteiger partial charge on any atom is 0.277 e. The molecule has 9 nitrogen and oxygen atoms in total. The van der Waals surface area contributed by atoms with Crippen LogP contribution in [0.3, 0.4) is 0 Å². The number of Topliss-reactive ketones (excluding diaryl/α,β-unsaturated/α-hetero) is 1. The van der Waals surface area contributed by atoms with Gasteiger partial charge in [-0.25, -0.2) is 0 Å². The van der Waals surface area contributed by atoms with E-state index in [1.807, 2.05) is 30.3 Å². The number of aromatic nitrogens is 3. The highest BCUT2D eigenvalue weighted by atomic mass is 16.5. The second kappa shape index (κ2) is 9.27. The lowest BCUT2D eigenvalue weighted by molar-refractivity contribution is 0.0898. The minimum absolute atomic E-state index is 0.0293. The van der Waals surface area contributed by atoms with E-state index in [0.29, 0.717) is 11.3 Å². The van der Waals surface area contributed by atoms with Gasteiger partial charge in [-0.15, -0.1) is 5.10 Å². The van der Waals surface area contributed by atoms with Crippen molar-refractivity contribution < 1.29 is 19.1 Å². The fraction of sp³-hybridized carbons (Fsp3) is 0.150. The first-order valence-corrected chi connectivity index (χ1v) is 8.69. The minimum atomic E-state index is -0.502. The molecule has 0 radical (unpaired) electrons. The van der Waals surface area contributed by atoms with Crippen LogP contribution in [0.25, 0.3) is 0 Å². The van der Waals surface area contributed by atoms with Gasteiger partial charge in [0.2, 0.25) is 5.69 Å². The monoisotopic (exact) mass is 393 g/mol. The molecule has 1 heterocycles. The third kappa shape index (κ3) is 4.83. The van der Waals surface area contributed by atoms with Crippen LogP contribution in [0.15, 0.2) is 59.7 Å². The molecule has 3 aromatic rings. The lowest BCUT2D eigenvalue weighted by Crippen LogP contribution is -2.21. The van der Waals surface area contributed by atoms with Crippen molar-refractivity contribution in [1.29, 1.82) is 0 Å². The molecular formula is C20H19N5O4. The van der Waals surface area contributed by atoms with Crippen molar-refractivity contribution >= 4 is 17.9 Å². The first-order chi connectivity index (χ1) is 14.1. The molecule has 0 fully saturated rings. The normalized spacial score (nSPS) is 10.7. The quantitative estimate of drug-likeness (QED) is 0.462. The zero-order valence-electron chi connectivity index (χ0n) is 15.9. The van der Waals surface area contributed by atoms with Crippen LogP contribution in [0.4, 0.5) is 0 Å². The van der Waals surface area contributed by atoms with Crippen LogP contribution in [0.1, 0.15) is 26.4 Å². The highest BCUT2D eigenvalue weighted by molar-refractivity contribution is 5.98. The number of ketones is 1. The third-order valence-electron chi connectivity index (χ3n) is 3.92. The lowest BCUT2D eigenvalue weighted by atomic mass is 10.1. The van der Waals surface area contributed by atoms with Crippen LogP contribution in [0.2, 0.25) is 0 Å². The van der Waals surface area contributed by atoms with E-state index in [2.05, 4.69) is 20.7 Å². The Hall–Kier alpha value is -4.01. The van der Waals surface area contributed by atoms with Crippen LogP contribution in [-0.2, 0) is 0 Å². The van der Waals surface area contributed by atoms with Gasteiger partial charge in [-0.05, 0) is 35.0 Å². The molecule has 3 rings (SSSR count). The molecule has 0 aliphatic rings. The minimum Gasteiger partial charge on any atom is -0.497 e. The maximum atomic E-state index is 12.4. The van der Waals surface area contributed by atoms with E-state index < -0.39 is 5.91 Å². The van der Waals surface area contributed by atoms with Crippen molar-refractivity contribution in [3.63, 3.8) is 0 Å². The van der Waals surface area contributed by atoms with E-state index in [0.717, 1.165) is 10.4 Å². The molecule has 148 valence electrons. The number of nitrogens with one attached hydrogen (secondary N) is 1. The number of methoxy groups -OCH3 is 1. The van der Waals surface area contributed by atoms with Crippen LogP contribution >= 0.6 is 0 Å². The number of hydrogen-bond donors (Lipinski definition) is 1. The standard InChI is InChI=1S/C20H19N5O4/c1-21-19(27)18-20(25(24-23-18)22-12-14-6-4-3-5-7-14)29-13-17(26)15-8-10-16(28-2)11-9-15/h3-12H,13H2,1-2H3,(H,21,27)/b22-12+. The topological polar surface area (TPSA) is 108 Å². The highest BCUT2D eigenvalue weighted by Crippen LogP contribution is 2.17. The predicted octanol–water partition coefficient (Wildman–Crippen LogP) is 1.79. The zero-order valence-corrected chi connectivity index (χ0v) is 15.9. The van der Waals surface area contributed by atoms with E-state index in [-0.39, 0.29) is 24.0 Å². The first-order valence-electron chi connectivity index (χ1n) is 8.69. The smallest absolute Gasteiger partial charge is 0.277 e. The Bertz CT molecular complexity index is 1010. The summed E-state index contributed by atoms with van der Waals surface area (Å²) in [6.07, 6.45) is 1.54. The Labute approximate surface area is 166 Å². The SMILES string of the molecule is CNC(=O)c1nnn(/N=C/c2ccccc2)c1OCC(=O)c1ccc(OC)cc1. The maximum absolute atomic E-state index is 12.4. The molecule has 0 aliphatic carbocycles. The van der Waals surface area contributed by atoms with Gasteiger partial charge in [-0.1, -0.05) is 35.1 Å². The number of amides is 1. The van der Waals surface area contributed by atoms with Crippen LogP contribution in [-0.4, -0.2) is 53.8 Å². The van der Waals surface area contributed by atoms with Crippen molar-refractivity contribution in [2.45, 2.75) is 0 Å². The predicted molar refractivity (Wildman–Crippen MR) is 106 cm³/mol. The summed E-state index contributed by atoms with van der Waals surface area (Å²) in [6, 6.07) is 15.9. The number of benzene rings is 2. The van der Waals surface area contributed by atoms with Crippen molar-refractivity contribution in [3.05, 3.63) is 71.4 Å². The van der Waals surface area contributed by atoms with E-state index in [1.165, 1.54) is 7.05 Å². The van der Waals surface area contributed by atoms with Crippen LogP contribution in [0, 0.1) is 0 Å². The lowest BCUT2D eigenvalue weighted by Gasteiger charge is -2.07. The fourth-order valence-corrected chi connectivity index (χ4v) is 2.38. The molecule has 2 aromatic carbocycles. The van der Waals surface area contributed by atoms with Gasteiger partial charge in [0.05, 0.1) is 13.3 Å². The van der Waals surface area contributed by atoms with Crippen LogP contribution < -0.4 is 14.8 Å². The van der Waals surface area contributed by atoms with Gasteiger partial charge in [0.15, 0.2) is 12.4 Å².